The van der Waals surface area contributed by atoms with Crippen molar-refractivity contribution in [3.05, 3.63) is 0 Å². The van der Waals surface area contributed by atoms with Crippen LogP contribution in [0.5, 0.6) is 0 Å². The first-order valence-electron chi connectivity index (χ1n) is 8.43. The normalized spacial score (nSPS) is 27.0. The van der Waals surface area contributed by atoms with E-state index < -0.39 is 0 Å². The van der Waals surface area contributed by atoms with Gasteiger partial charge < -0.3 is 24.6 Å². The topological polar surface area (TPSA) is 74.4 Å². The summed E-state index contributed by atoms with van der Waals surface area (Å²) in [7, 11) is 0. The van der Waals surface area contributed by atoms with E-state index in [1.54, 1.807) is 0 Å². The van der Waals surface area contributed by atoms with Crippen molar-refractivity contribution in [3.63, 3.8) is 0 Å². The van der Waals surface area contributed by atoms with E-state index >= 15 is 0 Å². The summed E-state index contributed by atoms with van der Waals surface area (Å²) in [4.78, 5) is 30.5. The van der Waals surface area contributed by atoms with Gasteiger partial charge in [0.05, 0.1) is 26.4 Å². The second-order valence-corrected chi connectivity index (χ2v) is 6.16. The molecule has 0 spiro atoms. The van der Waals surface area contributed by atoms with Crippen molar-refractivity contribution in [2.75, 3.05) is 78.7 Å². The molecule has 8 nitrogen and oxygen atoms in total. The standard InChI is InChI=1S/C15H26N4O4/c20-14(18-6-9-22-10-7-18)12-17-2-4-19(5-3-17)15(21)13-11-16-1-8-23-13/h13,16H,1-12H2. The van der Waals surface area contributed by atoms with Gasteiger partial charge >= 0.3 is 0 Å². The van der Waals surface area contributed by atoms with Gasteiger partial charge in [-0.15, -0.1) is 0 Å². The van der Waals surface area contributed by atoms with Crippen LogP contribution in [0, 0.1) is 0 Å². The van der Waals surface area contributed by atoms with Crippen molar-refractivity contribution in [1.29, 1.82) is 0 Å². The minimum atomic E-state index is -0.356. The van der Waals surface area contributed by atoms with Gasteiger partial charge in [0.15, 0.2) is 0 Å². The molecule has 3 aliphatic heterocycles. The Hall–Kier alpha value is -1.22. The Bertz CT molecular complexity index is 414. The van der Waals surface area contributed by atoms with Gasteiger partial charge in [-0.2, -0.15) is 0 Å². The lowest BCUT2D eigenvalue weighted by atomic mass is 10.2. The molecule has 1 N–H and O–H groups in total. The highest BCUT2D eigenvalue weighted by atomic mass is 16.5. The van der Waals surface area contributed by atoms with Crippen LogP contribution in [0.25, 0.3) is 0 Å². The molecule has 0 aromatic carbocycles. The lowest BCUT2D eigenvalue weighted by Gasteiger charge is -2.37. The molecule has 3 heterocycles. The third-order valence-electron chi connectivity index (χ3n) is 4.61. The first kappa shape index (κ1) is 16.6. The maximum absolute atomic E-state index is 12.4. The van der Waals surface area contributed by atoms with Gasteiger partial charge in [0.1, 0.15) is 6.10 Å². The van der Waals surface area contributed by atoms with Gasteiger partial charge in [0.2, 0.25) is 5.91 Å². The van der Waals surface area contributed by atoms with Crippen molar-refractivity contribution in [2.24, 2.45) is 0 Å². The summed E-state index contributed by atoms with van der Waals surface area (Å²) in [5, 5.41) is 3.18. The third-order valence-corrected chi connectivity index (χ3v) is 4.61. The van der Waals surface area contributed by atoms with Crippen LogP contribution in [0.1, 0.15) is 0 Å². The van der Waals surface area contributed by atoms with Crippen LogP contribution in [0.4, 0.5) is 0 Å². The van der Waals surface area contributed by atoms with Gasteiger partial charge in [-0.3, -0.25) is 14.5 Å². The zero-order valence-corrected chi connectivity index (χ0v) is 13.5. The van der Waals surface area contributed by atoms with E-state index in [1.165, 1.54) is 0 Å². The Morgan fingerprint density at radius 1 is 0.957 bits per heavy atom. The van der Waals surface area contributed by atoms with E-state index in [0.717, 1.165) is 19.6 Å². The predicted molar refractivity (Wildman–Crippen MR) is 83.0 cm³/mol. The molecule has 3 fully saturated rings. The van der Waals surface area contributed by atoms with E-state index in [0.29, 0.717) is 59.1 Å². The summed E-state index contributed by atoms with van der Waals surface area (Å²) in [6, 6.07) is 0. The van der Waals surface area contributed by atoms with Crippen LogP contribution >= 0.6 is 0 Å². The Labute approximate surface area is 136 Å². The van der Waals surface area contributed by atoms with Crippen LogP contribution in [0.15, 0.2) is 0 Å². The Balaban J connectivity index is 1.41. The molecule has 0 aliphatic carbocycles. The van der Waals surface area contributed by atoms with Crippen LogP contribution in [-0.4, -0.2) is 111 Å². The number of hydrogen-bond acceptors (Lipinski definition) is 6. The number of piperazine rings is 1. The Morgan fingerprint density at radius 2 is 1.70 bits per heavy atom. The molecule has 0 bridgehead atoms. The summed E-state index contributed by atoms with van der Waals surface area (Å²) in [6.45, 7) is 7.84. The maximum Gasteiger partial charge on any atom is 0.253 e. The summed E-state index contributed by atoms with van der Waals surface area (Å²) in [5.74, 6) is 0.226. The van der Waals surface area contributed by atoms with E-state index in [4.69, 9.17) is 9.47 Å². The number of nitrogens with one attached hydrogen (secondary N) is 1. The number of hydrogen-bond donors (Lipinski definition) is 1. The Kier molecular flexibility index (Phi) is 5.82. The number of amides is 2. The van der Waals surface area contributed by atoms with E-state index in [1.807, 2.05) is 9.80 Å². The van der Waals surface area contributed by atoms with Crippen molar-refractivity contribution < 1.29 is 19.1 Å². The maximum atomic E-state index is 12.4. The van der Waals surface area contributed by atoms with Crippen LogP contribution in [0.2, 0.25) is 0 Å². The van der Waals surface area contributed by atoms with Crippen molar-refractivity contribution in [1.82, 2.24) is 20.0 Å². The average molecular weight is 326 g/mol. The zero-order valence-electron chi connectivity index (χ0n) is 13.5. The average Bonchev–Trinajstić information content (AvgIpc) is 2.63. The fraction of sp³-hybridized carbons (Fsp3) is 0.867. The van der Waals surface area contributed by atoms with Crippen molar-refractivity contribution in [3.8, 4) is 0 Å². The molecule has 1 unspecified atom stereocenters. The number of carbonyl (C=O) groups is 2. The first-order valence-corrected chi connectivity index (χ1v) is 8.43. The number of ether oxygens (including phenoxy) is 2. The van der Waals surface area contributed by atoms with Gasteiger partial charge in [-0.1, -0.05) is 0 Å². The summed E-state index contributed by atoms with van der Waals surface area (Å²) in [5.41, 5.74) is 0. The number of carbonyl (C=O) groups excluding carboxylic acids is 2. The largest absolute Gasteiger partial charge is 0.378 e. The highest BCUT2D eigenvalue weighted by molar-refractivity contribution is 5.81. The van der Waals surface area contributed by atoms with Crippen LogP contribution < -0.4 is 5.32 Å². The number of nitrogens with zero attached hydrogens (tertiary/aromatic N) is 3. The lowest BCUT2D eigenvalue weighted by molar-refractivity contribution is -0.147. The Morgan fingerprint density at radius 3 is 2.35 bits per heavy atom. The molecule has 0 radical (unpaired) electrons. The number of morpholine rings is 2. The first-order chi connectivity index (χ1) is 11.2. The predicted octanol–water partition coefficient (Wildman–Crippen LogP) is -2.02. The monoisotopic (exact) mass is 326 g/mol. The number of rotatable bonds is 3. The van der Waals surface area contributed by atoms with E-state index in [2.05, 4.69) is 10.2 Å². The molecule has 8 heteroatoms. The van der Waals surface area contributed by atoms with Gasteiger partial charge in [0, 0.05) is 52.4 Å². The molecule has 0 aromatic heterocycles. The van der Waals surface area contributed by atoms with Gasteiger partial charge in [-0.25, -0.2) is 0 Å². The van der Waals surface area contributed by atoms with Crippen LogP contribution in [0.3, 0.4) is 0 Å². The second-order valence-electron chi connectivity index (χ2n) is 6.16. The molecule has 2 amide bonds. The fourth-order valence-corrected chi connectivity index (χ4v) is 3.16. The molecular weight excluding hydrogens is 300 g/mol. The molecule has 3 aliphatic rings. The molecule has 0 saturated carbocycles. The lowest BCUT2D eigenvalue weighted by Crippen LogP contribution is -2.56. The minimum absolute atomic E-state index is 0.0661. The van der Waals surface area contributed by atoms with Crippen LogP contribution in [-0.2, 0) is 19.1 Å². The van der Waals surface area contributed by atoms with Crippen molar-refractivity contribution >= 4 is 11.8 Å². The SMILES string of the molecule is O=C(CN1CCN(C(=O)C2CNCCO2)CC1)N1CCOCC1. The van der Waals surface area contributed by atoms with E-state index in [-0.39, 0.29) is 17.9 Å². The summed E-state index contributed by atoms with van der Waals surface area (Å²) >= 11 is 0. The molecular formula is C15H26N4O4. The highest BCUT2D eigenvalue weighted by Gasteiger charge is 2.30. The quantitative estimate of drug-likeness (QED) is 0.645. The van der Waals surface area contributed by atoms with Crippen molar-refractivity contribution in [2.45, 2.75) is 6.10 Å². The second kappa shape index (κ2) is 8.05. The molecule has 0 aromatic rings. The highest BCUT2D eigenvalue weighted by Crippen LogP contribution is 2.08. The smallest absolute Gasteiger partial charge is 0.253 e. The fourth-order valence-electron chi connectivity index (χ4n) is 3.16. The minimum Gasteiger partial charge on any atom is -0.378 e. The van der Waals surface area contributed by atoms with E-state index in [9.17, 15) is 9.59 Å². The van der Waals surface area contributed by atoms with Gasteiger partial charge in [-0.05, 0) is 0 Å². The molecule has 23 heavy (non-hydrogen) atoms. The summed E-state index contributed by atoms with van der Waals surface area (Å²) in [6.07, 6.45) is -0.356. The summed E-state index contributed by atoms with van der Waals surface area (Å²) < 4.78 is 10.8. The zero-order chi connectivity index (χ0) is 16.1. The molecule has 130 valence electrons. The third kappa shape index (κ3) is 4.41. The molecule has 1 atom stereocenters. The van der Waals surface area contributed by atoms with Gasteiger partial charge in [0.25, 0.3) is 5.91 Å². The molecule has 3 saturated heterocycles. The molecule has 3 rings (SSSR count).